The molecule has 0 amide bonds. The van der Waals surface area contributed by atoms with Crippen LogP contribution < -0.4 is 9.47 Å². The quantitative estimate of drug-likeness (QED) is 0.901. The summed E-state index contributed by atoms with van der Waals surface area (Å²) in [7, 11) is 1.55. The predicted molar refractivity (Wildman–Crippen MR) is 68.0 cm³/mol. The van der Waals surface area contributed by atoms with Crippen molar-refractivity contribution in [2.24, 2.45) is 0 Å². The van der Waals surface area contributed by atoms with Gasteiger partial charge in [-0.15, -0.1) is 0 Å². The van der Waals surface area contributed by atoms with Gasteiger partial charge in [0.25, 0.3) is 0 Å². The number of hydrogen-bond donors (Lipinski definition) is 1. The summed E-state index contributed by atoms with van der Waals surface area (Å²) >= 11 is 0. The Kier molecular flexibility index (Phi) is 3.74. The highest BCUT2D eigenvalue weighted by atomic mass is 16.5. The van der Waals surface area contributed by atoms with Crippen LogP contribution in [0.5, 0.6) is 11.5 Å². The van der Waals surface area contributed by atoms with E-state index in [9.17, 15) is 9.59 Å². The Labute approximate surface area is 111 Å². The van der Waals surface area contributed by atoms with Crippen LogP contribution in [0.15, 0.2) is 12.1 Å². The lowest BCUT2D eigenvalue weighted by molar-refractivity contribution is -0.144. The Morgan fingerprint density at radius 1 is 1.32 bits per heavy atom. The van der Waals surface area contributed by atoms with Crippen molar-refractivity contribution in [3.05, 3.63) is 23.3 Å². The van der Waals surface area contributed by atoms with E-state index in [0.29, 0.717) is 23.5 Å². The lowest BCUT2D eigenvalue weighted by atomic mass is 9.89. The third kappa shape index (κ3) is 2.54. The summed E-state index contributed by atoms with van der Waals surface area (Å²) in [5.41, 5.74) is 1.28. The molecule has 19 heavy (non-hydrogen) atoms. The van der Waals surface area contributed by atoms with Crippen molar-refractivity contribution in [1.29, 1.82) is 0 Å². The zero-order valence-electron chi connectivity index (χ0n) is 10.9. The van der Waals surface area contributed by atoms with Crippen molar-refractivity contribution < 1.29 is 24.2 Å². The average Bonchev–Trinajstić information content (AvgIpc) is 2.39. The van der Waals surface area contributed by atoms with Crippen LogP contribution in [0.2, 0.25) is 0 Å². The highest BCUT2D eigenvalue weighted by Crippen LogP contribution is 2.36. The Bertz CT molecular complexity index is 521. The van der Waals surface area contributed by atoms with Gasteiger partial charge in [-0.05, 0) is 31.9 Å². The van der Waals surface area contributed by atoms with Gasteiger partial charge in [0.05, 0.1) is 12.7 Å². The molecule has 0 saturated carbocycles. The van der Waals surface area contributed by atoms with Crippen LogP contribution in [-0.4, -0.2) is 30.1 Å². The van der Waals surface area contributed by atoms with Gasteiger partial charge >= 0.3 is 5.97 Å². The number of fused-ring (bicyclic) bond motifs is 1. The van der Waals surface area contributed by atoms with Gasteiger partial charge in [0.15, 0.2) is 11.9 Å². The minimum absolute atomic E-state index is 0.0206. The first-order valence-corrected chi connectivity index (χ1v) is 6.17. The number of ether oxygens (including phenoxy) is 2. The standard InChI is InChI=1S/C14H16O5/c1-8(14(16)17)19-12-7-6-11(18-2)9-4-3-5-10(15)13(9)12/h6-8H,3-5H2,1-2H3,(H,16,17)/t8-/m0/s1. The van der Waals surface area contributed by atoms with Crippen LogP contribution in [0.25, 0.3) is 0 Å². The molecule has 0 unspecified atom stereocenters. The maximum atomic E-state index is 12.0. The molecule has 1 aliphatic carbocycles. The maximum absolute atomic E-state index is 12.0. The number of Topliss-reactive ketones (excluding diaryl/α,β-unsaturated/α-hetero) is 1. The smallest absolute Gasteiger partial charge is 0.344 e. The third-order valence-electron chi connectivity index (χ3n) is 3.21. The fraction of sp³-hybridized carbons (Fsp3) is 0.429. The molecular weight excluding hydrogens is 248 g/mol. The Morgan fingerprint density at radius 3 is 2.63 bits per heavy atom. The number of carbonyl (C=O) groups is 2. The van der Waals surface area contributed by atoms with E-state index in [-0.39, 0.29) is 5.78 Å². The maximum Gasteiger partial charge on any atom is 0.344 e. The minimum atomic E-state index is -1.06. The van der Waals surface area contributed by atoms with E-state index < -0.39 is 12.1 Å². The van der Waals surface area contributed by atoms with E-state index in [1.807, 2.05) is 0 Å². The van der Waals surface area contributed by atoms with Crippen LogP contribution in [0, 0.1) is 0 Å². The first-order valence-electron chi connectivity index (χ1n) is 6.17. The van der Waals surface area contributed by atoms with E-state index in [4.69, 9.17) is 14.6 Å². The molecule has 1 aromatic rings. The molecular formula is C14H16O5. The molecule has 0 fully saturated rings. The molecule has 0 heterocycles. The second-order valence-corrected chi connectivity index (χ2v) is 4.49. The van der Waals surface area contributed by atoms with E-state index in [1.165, 1.54) is 6.92 Å². The van der Waals surface area contributed by atoms with E-state index in [1.54, 1.807) is 19.2 Å². The summed E-state index contributed by atoms with van der Waals surface area (Å²) in [6, 6.07) is 3.31. The van der Waals surface area contributed by atoms with E-state index in [0.717, 1.165) is 18.4 Å². The predicted octanol–water partition coefficient (Wildman–Crippen LogP) is 2.07. The highest BCUT2D eigenvalue weighted by Gasteiger charge is 2.26. The number of benzene rings is 1. The average molecular weight is 264 g/mol. The first-order chi connectivity index (χ1) is 9.04. The van der Waals surface area contributed by atoms with Gasteiger partial charge in [-0.1, -0.05) is 0 Å². The van der Waals surface area contributed by atoms with Gasteiger partial charge in [-0.25, -0.2) is 4.79 Å². The number of methoxy groups -OCH3 is 1. The molecule has 0 bridgehead atoms. The summed E-state index contributed by atoms with van der Waals surface area (Å²) in [6.45, 7) is 1.44. The first kappa shape index (κ1) is 13.4. The normalized spacial score (nSPS) is 15.6. The second kappa shape index (κ2) is 5.30. The molecule has 1 aromatic carbocycles. The number of carboxylic acids is 1. The molecule has 2 rings (SSSR count). The zero-order chi connectivity index (χ0) is 14.0. The van der Waals surface area contributed by atoms with Gasteiger partial charge in [-0.3, -0.25) is 4.79 Å². The molecule has 1 N–H and O–H groups in total. The van der Waals surface area contributed by atoms with Crippen LogP contribution >= 0.6 is 0 Å². The summed E-state index contributed by atoms with van der Waals surface area (Å²) < 4.78 is 10.6. The third-order valence-corrected chi connectivity index (χ3v) is 3.21. The van der Waals surface area contributed by atoms with Gasteiger partial charge in [-0.2, -0.15) is 0 Å². The van der Waals surface area contributed by atoms with Crippen molar-refractivity contribution in [1.82, 2.24) is 0 Å². The summed E-state index contributed by atoms with van der Waals surface area (Å²) in [5, 5.41) is 8.88. The van der Waals surface area contributed by atoms with Crippen LogP contribution in [0.3, 0.4) is 0 Å². The topological polar surface area (TPSA) is 72.8 Å². The van der Waals surface area contributed by atoms with Crippen molar-refractivity contribution in [3.8, 4) is 11.5 Å². The lowest BCUT2D eigenvalue weighted by Crippen LogP contribution is -2.25. The molecule has 0 radical (unpaired) electrons. The molecule has 0 aromatic heterocycles. The van der Waals surface area contributed by atoms with Gasteiger partial charge < -0.3 is 14.6 Å². The van der Waals surface area contributed by atoms with Crippen LogP contribution in [0.1, 0.15) is 35.7 Å². The number of aliphatic carboxylic acids is 1. The van der Waals surface area contributed by atoms with Crippen molar-refractivity contribution in [2.75, 3.05) is 7.11 Å². The Hall–Kier alpha value is -2.04. The largest absolute Gasteiger partial charge is 0.496 e. The molecule has 0 spiro atoms. The Balaban J connectivity index is 2.45. The van der Waals surface area contributed by atoms with Gasteiger partial charge in [0.2, 0.25) is 0 Å². The van der Waals surface area contributed by atoms with Crippen LogP contribution in [-0.2, 0) is 11.2 Å². The number of carboxylic acid groups (broad SMARTS) is 1. The van der Waals surface area contributed by atoms with E-state index in [2.05, 4.69) is 0 Å². The molecule has 5 nitrogen and oxygen atoms in total. The minimum Gasteiger partial charge on any atom is -0.496 e. The van der Waals surface area contributed by atoms with Crippen LogP contribution in [0.4, 0.5) is 0 Å². The molecule has 0 saturated heterocycles. The monoisotopic (exact) mass is 264 g/mol. The number of ketones is 1. The summed E-state index contributed by atoms with van der Waals surface area (Å²) in [4.78, 5) is 22.9. The summed E-state index contributed by atoms with van der Waals surface area (Å²) in [5.74, 6) is -0.102. The highest BCUT2D eigenvalue weighted by molar-refractivity contribution is 6.01. The van der Waals surface area contributed by atoms with Crippen molar-refractivity contribution >= 4 is 11.8 Å². The number of carbonyl (C=O) groups excluding carboxylic acids is 1. The Morgan fingerprint density at radius 2 is 2.00 bits per heavy atom. The lowest BCUT2D eigenvalue weighted by Gasteiger charge is -2.22. The summed E-state index contributed by atoms with van der Waals surface area (Å²) in [6.07, 6.45) is 0.980. The molecule has 1 aliphatic rings. The van der Waals surface area contributed by atoms with Gasteiger partial charge in [0.1, 0.15) is 11.5 Å². The second-order valence-electron chi connectivity index (χ2n) is 4.49. The molecule has 5 heteroatoms. The zero-order valence-corrected chi connectivity index (χ0v) is 10.9. The van der Waals surface area contributed by atoms with E-state index >= 15 is 0 Å². The molecule has 0 aliphatic heterocycles. The SMILES string of the molecule is COc1ccc(O[C@@H](C)C(=O)O)c2c1CCCC2=O. The molecule has 102 valence electrons. The number of hydrogen-bond acceptors (Lipinski definition) is 4. The molecule has 1 atom stereocenters. The van der Waals surface area contributed by atoms with Gasteiger partial charge in [0, 0.05) is 12.0 Å². The fourth-order valence-corrected chi connectivity index (χ4v) is 2.24. The fourth-order valence-electron chi connectivity index (χ4n) is 2.24. The van der Waals surface area contributed by atoms with Crippen molar-refractivity contribution in [3.63, 3.8) is 0 Å². The van der Waals surface area contributed by atoms with Crippen molar-refractivity contribution in [2.45, 2.75) is 32.3 Å². The number of rotatable bonds is 4.